The van der Waals surface area contributed by atoms with Crippen LogP contribution in [0.15, 0.2) is 22.7 Å². The van der Waals surface area contributed by atoms with E-state index in [0.29, 0.717) is 30.8 Å². The van der Waals surface area contributed by atoms with Gasteiger partial charge in [-0.15, -0.1) is 0 Å². The number of aliphatic carboxylic acids is 1. The monoisotopic (exact) mass is 358 g/mol. The van der Waals surface area contributed by atoms with Crippen molar-refractivity contribution in [2.24, 2.45) is 5.92 Å². The van der Waals surface area contributed by atoms with Crippen LogP contribution in [0.2, 0.25) is 0 Å². The highest BCUT2D eigenvalue weighted by molar-refractivity contribution is 9.10. The summed E-state index contributed by atoms with van der Waals surface area (Å²) in [5.41, 5.74) is 0.609. The summed E-state index contributed by atoms with van der Waals surface area (Å²) < 4.78 is 5.91. The van der Waals surface area contributed by atoms with E-state index in [4.69, 9.17) is 9.84 Å². The van der Waals surface area contributed by atoms with E-state index in [1.54, 1.807) is 32.2 Å². The smallest absolute Gasteiger partial charge is 0.319 e. The maximum atomic E-state index is 11.7. The zero-order valence-corrected chi connectivity index (χ0v) is 13.6. The average molecular weight is 359 g/mol. The topological polar surface area (TPSA) is 87.7 Å². The number of nitrogens with one attached hydrogen (secondary N) is 2. The number of urea groups is 1. The van der Waals surface area contributed by atoms with Gasteiger partial charge >= 0.3 is 12.0 Å². The maximum Gasteiger partial charge on any atom is 0.319 e. The molecule has 1 rings (SSSR count). The van der Waals surface area contributed by atoms with Crippen molar-refractivity contribution >= 4 is 33.6 Å². The van der Waals surface area contributed by atoms with Crippen LogP contribution in [0.25, 0.3) is 0 Å². The van der Waals surface area contributed by atoms with Crippen molar-refractivity contribution in [3.63, 3.8) is 0 Å². The highest BCUT2D eigenvalue weighted by Gasteiger charge is 2.10. The highest BCUT2D eigenvalue weighted by Crippen LogP contribution is 2.24. The molecule has 3 N–H and O–H groups in total. The molecule has 0 aliphatic rings. The van der Waals surface area contributed by atoms with Crippen LogP contribution < -0.4 is 15.4 Å². The molecule has 0 saturated carbocycles. The Bertz CT molecular complexity index is 508. The second-order valence-corrected chi connectivity index (χ2v) is 5.56. The first kappa shape index (κ1) is 17.3. The third kappa shape index (κ3) is 6.48. The van der Waals surface area contributed by atoms with Crippen LogP contribution in [0.1, 0.15) is 19.8 Å². The van der Waals surface area contributed by atoms with Crippen molar-refractivity contribution in [3.8, 4) is 5.75 Å². The number of methoxy groups -OCH3 is 1. The fraction of sp³-hybridized carbons (Fsp3) is 0.429. The van der Waals surface area contributed by atoms with E-state index in [-0.39, 0.29) is 6.03 Å². The first-order valence-electron chi connectivity index (χ1n) is 6.54. The predicted octanol–water partition coefficient (Wildman–Crippen LogP) is 3.08. The number of rotatable bonds is 7. The molecule has 0 aliphatic carbocycles. The van der Waals surface area contributed by atoms with Gasteiger partial charge in [0.05, 0.1) is 13.0 Å². The van der Waals surface area contributed by atoms with Crippen LogP contribution in [0.4, 0.5) is 10.5 Å². The normalized spacial score (nSPS) is 11.6. The molecule has 6 nitrogen and oxygen atoms in total. The molecule has 0 aromatic heterocycles. The zero-order chi connectivity index (χ0) is 15.8. The number of carbonyl (C=O) groups excluding carboxylic acids is 1. The third-order valence-corrected chi connectivity index (χ3v) is 3.34. The standard InChI is InChI=1S/C14H19BrN2O4/c1-9(13(18)19)4-3-5-16-14(20)17-11-6-10(15)7-12(8-11)21-2/h6-9H,3-5H2,1-2H3,(H,18,19)(H2,16,17,20). The fourth-order valence-corrected chi connectivity index (χ4v) is 2.13. The molecule has 0 heterocycles. The Hall–Kier alpha value is -1.76. The molecular weight excluding hydrogens is 340 g/mol. The minimum Gasteiger partial charge on any atom is -0.497 e. The second-order valence-electron chi connectivity index (χ2n) is 4.64. The number of halogens is 1. The summed E-state index contributed by atoms with van der Waals surface area (Å²) in [5, 5.41) is 14.1. The van der Waals surface area contributed by atoms with Gasteiger partial charge < -0.3 is 20.5 Å². The van der Waals surface area contributed by atoms with Gasteiger partial charge in [-0.05, 0) is 25.0 Å². The highest BCUT2D eigenvalue weighted by atomic mass is 79.9. The van der Waals surface area contributed by atoms with Crippen molar-refractivity contribution < 1.29 is 19.4 Å². The van der Waals surface area contributed by atoms with Crippen molar-refractivity contribution in [2.45, 2.75) is 19.8 Å². The molecule has 21 heavy (non-hydrogen) atoms. The lowest BCUT2D eigenvalue weighted by molar-refractivity contribution is -0.141. The Morgan fingerprint density at radius 3 is 2.71 bits per heavy atom. The zero-order valence-electron chi connectivity index (χ0n) is 12.0. The molecular formula is C14H19BrN2O4. The Kier molecular flexibility index (Phi) is 7.01. The minimum atomic E-state index is -0.819. The molecule has 1 aromatic rings. The number of ether oxygens (including phenoxy) is 1. The average Bonchev–Trinajstić information content (AvgIpc) is 2.42. The fourth-order valence-electron chi connectivity index (χ4n) is 1.66. The lowest BCUT2D eigenvalue weighted by Gasteiger charge is -2.10. The summed E-state index contributed by atoms with van der Waals surface area (Å²) in [4.78, 5) is 22.4. The van der Waals surface area contributed by atoms with Gasteiger partial charge in [-0.3, -0.25) is 4.79 Å². The quantitative estimate of drug-likeness (QED) is 0.653. The van der Waals surface area contributed by atoms with Crippen LogP contribution in [-0.4, -0.2) is 30.8 Å². The molecule has 116 valence electrons. The third-order valence-electron chi connectivity index (χ3n) is 2.89. The minimum absolute atomic E-state index is 0.335. The molecule has 0 radical (unpaired) electrons. The van der Waals surface area contributed by atoms with E-state index < -0.39 is 11.9 Å². The van der Waals surface area contributed by atoms with Crippen LogP contribution in [0.3, 0.4) is 0 Å². The van der Waals surface area contributed by atoms with Gasteiger partial charge in [-0.2, -0.15) is 0 Å². The first-order valence-corrected chi connectivity index (χ1v) is 7.34. The van der Waals surface area contributed by atoms with Gasteiger partial charge in [0.2, 0.25) is 0 Å². The molecule has 2 amide bonds. The summed E-state index contributed by atoms with van der Waals surface area (Å²) in [7, 11) is 1.55. The number of carboxylic acid groups (broad SMARTS) is 1. The number of carbonyl (C=O) groups is 2. The molecule has 0 saturated heterocycles. The number of carboxylic acids is 1. The largest absolute Gasteiger partial charge is 0.497 e. The molecule has 7 heteroatoms. The lowest BCUT2D eigenvalue weighted by Crippen LogP contribution is -2.30. The van der Waals surface area contributed by atoms with E-state index in [2.05, 4.69) is 26.6 Å². The van der Waals surface area contributed by atoms with Crippen LogP contribution in [0, 0.1) is 5.92 Å². The van der Waals surface area contributed by atoms with Gasteiger partial charge in [-0.25, -0.2) is 4.79 Å². The second kappa shape index (κ2) is 8.51. The molecule has 0 spiro atoms. The van der Waals surface area contributed by atoms with Gasteiger partial charge in [0.25, 0.3) is 0 Å². The van der Waals surface area contributed by atoms with E-state index in [1.807, 2.05) is 0 Å². The van der Waals surface area contributed by atoms with Crippen LogP contribution in [-0.2, 0) is 4.79 Å². The summed E-state index contributed by atoms with van der Waals surface area (Å²) in [5.74, 6) is -0.583. The van der Waals surface area contributed by atoms with Crippen molar-refractivity contribution in [2.75, 3.05) is 19.0 Å². The lowest BCUT2D eigenvalue weighted by atomic mass is 10.1. The molecule has 1 atom stereocenters. The van der Waals surface area contributed by atoms with Gasteiger partial charge in [0.15, 0.2) is 0 Å². The molecule has 0 bridgehead atoms. The molecule has 0 aliphatic heterocycles. The van der Waals surface area contributed by atoms with E-state index >= 15 is 0 Å². The first-order chi connectivity index (χ1) is 9.92. The molecule has 0 fully saturated rings. The Morgan fingerprint density at radius 2 is 2.10 bits per heavy atom. The van der Waals surface area contributed by atoms with E-state index in [9.17, 15) is 9.59 Å². The van der Waals surface area contributed by atoms with Crippen molar-refractivity contribution in [1.29, 1.82) is 0 Å². The Labute approximate surface area is 132 Å². The van der Waals surface area contributed by atoms with Gasteiger partial charge in [-0.1, -0.05) is 22.9 Å². The van der Waals surface area contributed by atoms with Crippen molar-refractivity contribution in [1.82, 2.24) is 5.32 Å². The summed E-state index contributed by atoms with van der Waals surface area (Å²) >= 11 is 3.33. The summed E-state index contributed by atoms with van der Waals surface area (Å²) in [6.45, 7) is 2.07. The summed E-state index contributed by atoms with van der Waals surface area (Å²) in [6.07, 6.45) is 1.14. The van der Waals surface area contributed by atoms with Gasteiger partial charge in [0, 0.05) is 22.8 Å². The Morgan fingerprint density at radius 1 is 1.38 bits per heavy atom. The number of benzene rings is 1. The SMILES string of the molecule is COc1cc(Br)cc(NC(=O)NCCCC(C)C(=O)O)c1. The number of hydrogen-bond donors (Lipinski definition) is 3. The van der Waals surface area contributed by atoms with Crippen molar-refractivity contribution in [3.05, 3.63) is 22.7 Å². The predicted molar refractivity (Wildman–Crippen MR) is 83.7 cm³/mol. The summed E-state index contributed by atoms with van der Waals surface area (Å²) in [6, 6.07) is 4.92. The Balaban J connectivity index is 2.37. The number of amides is 2. The molecule has 1 unspecified atom stereocenters. The van der Waals surface area contributed by atoms with Gasteiger partial charge in [0.1, 0.15) is 5.75 Å². The number of hydrogen-bond acceptors (Lipinski definition) is 3. The molecule has 1 aromatic carbocycles. The number of anilines is 1. The van der Waals surface area contributed by atoms with E-state index in [1.165, 1.54) is 0 Å². The maximum absolute atomic E-state index is 11.7. The van der Waals surface area contributed by atoms with E-state index in [0.717, 1.165) is 4.47 Å². The van der Waals surface area contributed by atoms with Crippen LogP contribution >= 0.6 is 15.9 Å². The van der Waals surface area contributed by atoms with Crippen LogP contribution in [0.5, 0.6) is 5.75 Å².